The Morgan fingerprint density at radius 3 is 2.62 bits per heavy atom. The zero-order valence-corrected chi connectivity index (χ0v) is 7.34. The van der Waals surface area contributed by atoms with E-state index in [0.717, 1.165) is 5.56 Å². The summed E-state index contributed by atoms with van der Waals surface area (Å²) >= 11 is 0. The number of aliphatic carboxylic acids is 1. The van der Waals surface area contributed by atoms with Crippen molar-refractivity contribution in [1.29, 1.82) is 0 Å². The van der Waals surface area contributed by atoms with E-state index in [-0.39, 0.29) is 0 Å². The van der Waals surface area contributed by atoms with Crippen LogP contribution in [0.3, 0.4) is 0 Å². The van der Waals surface area contributed by atoms with Crippen LogP contribution >= 0.6 is 0 Å². The highest BCUT2D eigenvalue weighted by atomic mass is 16.4. The standard InChI is InChI=1S/C10H11NO2/c1-8(10(12)13)11-7-9-5-3-2-4-6-9/h2-8H,1H3,(H,12,13)/t8-/m0/s1. The second-order valence-electron chi connectivity index (χ2n) is 2.70. The van der Waals surface area contributed by atoms with Gasteiger partial charge in [-0.3, -0.25) is 4.99 Å². The quantitative estimate of drug-likeness (QED) is 0.712. The van der Waals surface area contributed by atoms with Gasteiger partial charge in [0.1, 0.15) is 6.04 Å². The van der Waals surface area contributed by atoms with Crippen LogP contribution in [0, 0.1) is 0 Å². The van der Waals surface area contributed by atoms with Crippen molar-refractivity contribution in [3.63, 3.8) is 0 Å². The average molecular weight is 177 g/mol. The molecule has 1 N–H and O–H groups in total. The molecule has 1 aromatic carbocycles. The van der Waals surface area contributed by atoms with Crippen LogP contribution in [0.4, 0.5) is 0 Å². The van der Waals surface area contributed by atoms with Gasteiger partial charge < -0.3 is 5.11 Å². The van der Waals surface area contributed by atoms with Crippen LogP contribution in [0.15, 0.2) is 35.3 Å². The molecule has 0 aliphatic carbocycles. The van der Waals surface area contributed by atoms with E-state index in [0.29, 0.717) is 0 Å². The number of benzene rings is 1. The van der Waals surface area contributed by atoms with Crippen LogP contribution in [0.2, 0.25) is 0 Å². The Bertz CT molecular complexity index is 306. The predicted molar refractivity (Wildman–Crippen MR) is 51.1 cm³/mol. The summed E-state index contributed by atoms with van der Waals surface area (Å²) in [6, 6.07) is 8.73. The molecule has 0 unspecified atom stereocenters. The predicted octanol–water partition coefficient (Wildman–Crippen LogP) is 1.58. The first-order valence-electron chi connectivity index (χ1n) is 4.01. The van der Waals surface area contributed by atoms with Crippen LogP contribution in [-0.2, 0) is 4.79 Å². The maximum atomic E-state index is 10.4. The van der Waals surface area contributed by atoms with Gasteiger partial charge >= 0.3 is 5.97 Å². The highest BCUT2D eigenvalue weighted by molar-refractivity contribution is 5.83. The van der Waals surface area contributed by atoms with Crippen LogP contribution < -0.4 is 0 Å². The number of hydrogen-bond donors (Lipinski definition) is 1. The monoisotopic (exact) mass is 177 g/mol. The molecular formula is C10H11NO2. The number of rotatable bonds is 3. The molecule has 0 bridgehead atoms. The van der Waals surface area contributed by atoms with Gasteiger partial charge in [-0.2, -0.15) is 0 Å². The molecule has 1 rings (SSSR count). The van der Waals surface area contributed by atoms with Gasteiger partial charge in [0, 0.05) is 6.21 Å². The van der Waals surface area contributed by atoms with E-state index < -0.39 is 12.0 Å². The lowest BCUT2D eigenvalue weighted by molar-refractivity contribution is -0.137. The maximum Gasteiger partial charge on any atom is 0.328 e. The molecule has 0 fully saturated rings. The SMILES string of the molecule is C[C@H](N=Cc1ccccc1)C(=O)O. The highest BCUT2D eigenvalue weighted by Gasteiger charge is 2.05. The molecule has 3 heteroatoms. The summed E-state index contributed by atoms with van der Waals surface area (Å²) in [5.74, 6) is -0.910. The van der Waals surface area contributed by atoms with Gasteiger partial charge in [0.05, 0.1) is 0 Å². The molecule has 3 nitrogen and oxygen atoms in total. The van der Waals surface area contributed by atoms with E-state index >= 15 is 0 Å². The van der Waals surface area contributed by atoms with E-state index in [1.165, 1.54) is 0 Å². The van der Waals surface area contributed by atoms with Gasteiger partial charge in [0.25, 0.3) is 0 Å². The number of carboxylic acid groups (broad SMARTS) is 1. The molecule has 0 spiro atoms. The number of nitrogens with zero attached hydrogens (tertiary/aromatic N) is 1. The van der Waals surface area contributed by atoms with E-state index in [2.05, 4.69) is 4.99 Å². The minimum atomic E-state index is -0.910. The lowest BCUT2D eigenvalue weighted by Gasteiger charge is -1.97. The van der Waals surface area contributed by atoms with Gasteiger partial charge in [0.2, 0.25) is 0 Å². The molecule has 0 saturated heterocycles. The number of aliphatic imine (C=N–C) groups is 1. The zero-order chi connectivity index (χ0) is 9.68. The van der Waals surface area contributed by atoms with Gasteiger partial charge in [-0.1, -0.05) is 30.3 Å². The second-order valence-corrected chi connectivity index (χ2v) is 2.70. The van der Waals surface area contributed by atoms with Gasteiger partial charge in [0.15, 0.2) is 0 Å². The largest absolute Gasteiger partial charge is 0.480 e. The Morgan fingerprint density at radius 2 is 2.08 bits per heavy atom. The third-order valence-corrected chi connectivity index (χ3v) is 1.60. The molecule has 0 saturated carbocycles. The van der Waals surface area contributed by atoms with E-state index in [9.17, 15) is 4.79 Å². The molecule has 1 atom stereocenters. The summed E-state index contributed by atoms with van der Waals surface area (Å²) in [5, 5.41) is 8.55. The topological polar surface area (TPSA) is 49.7 Å². The summed E-state index contributed by atoms with van der Waals surface area (Å²) in [6.07, 6.45) is 1.57. The fourth-order valence-corrected chi connectivity index (χ4v) is 0.801. The molecule has 13 heavy (non-hydrogen) atoms. The van der Waals surface area contributed by atoms with Crippen LogP contribution in [0.25, 0.3) is 0 Å². The lowest BCUT2D eigenvalue weighted by Crippen LogP contribution is -2.12. The Balaban J connectivity index is 2.64. The second kappa shape index (κ2) is 4.40. The van der Waals surface area contributed by atoms with Crippen LogP contribution in [-0.4, -0.2) is 23.3 Å². The fourth-order valence-electron chi connectivity index (χ4n) is 0.801. The number of hydrogen-bond acceptors (Lipinski definition) is 2. The Hall–Kier alpha value is -1.64. The molecule has 0 amide bonds. The van der Waals surface area contributed by atoms with Crippen molar-refractivity contribution in [3.05, 3.63) is 35.9 Å². The van der Waals surface area contributed by atoms with E-state index in [1.54, 1.807) is 13.1 Å². The Morgan fingerprint density at radius 1 is 1.46 bits per heavy atom. The smallest absolute Gasteiger partial charge is 0.328 e. The maximum absolute atomic E-state index is 10.4. The normalized spacial score (nSPS) is 13.0. The zero-order valence-electron chi connectivity index (χ0n) is 7.34. The molecule has 0 aliphatic heterocycles. The fraction of sp³-hybridized carbons (Fsp3) is 0.200. The van der Waals surface area contributed by atoms with Crippen molar-refractivity contribution in [3.8, 4) is 0 Å². The third-order valence-electron chi connectivity index (χ3n) is 1.60. The first-order valence-corrected chi connectivity index (χ1v) is 4.01. The van der Waals surface area contributed by atoms with Gasteiger partial charge in [-0.25, -0.2) is 4.79 Å². The molecule has 0 heterocycles. The molecular weight excluding hydrogens is 166 g/mol. The van der Waals surface area contributed by atoms with Gasteiger partial charge in [-0.05, 0) is 12.5 Å². The summed E-state index contributed by atoms with van der Waals surface area (Å²) < 4.78 is 0. The molecule has 0 aliphatic rings. The Kier molecular flexibility index (Phi) is 3.20. The first-order chi connectivity index (χ1) is 6.20. The first kappa shape index (κ1) is 9.45. The lowest BCUT2D eigenvalue weighted by atomic mass is 10.2. The minimum absolute atomic E-state index is 0.680. The summed E-state index contributed by atoms with van der Waals surface area (Å²) in [6.45, 7) is 1.54. The van der Waals surface area contributed by atoms with E-state index in [1.807, 2.05) is 30.3 Å². The molecule has 0 radical (unpaired) electrons. The van der Waals surface area contributed by atoms with Crippen molar-refractivity contribution >= 4 is 12.2 Å². The van der Waals surface area contributed by atoms with Crippen molar-refractivity contribution in [2.24, 2.45) is 4.99 Å². The van der Waals surface area contributed by atoms with E-state index in [4.69, 9.17) is 5.11 Å². The summed E-state index contributed by atoms with van der Waals surface area (Å²) in [4.78, 5) is 14.3. The average Bonchev–Trinajstić information content (AvgIpc) is 2.15. The van der Waals surface area contributed by atoms with Crippen LogP contribution in [0.1, 0.15) is 12.5 Å². The van der Waals surface area contributed by atoms with Crippen LogP contribution in [0.5, 0.6) is 0 Å². The van der Waals surface area contributed by atoms with Gasteiger partial charge in [-0.15, -0.1) is 0 Å². The highest BCUT2D eigenvalue weighted by Crippen LogP contribution is 1.96. The summed E-state index contributed by atoms with van der Waals surface area (Å²) in [7, 11) is 0. The molecule has 0 aromatic heterocycles. The molecule has 68 valence electrons. The van der Waals surface area contributed by atoms with Crippen molar-refractivity contribution in [1.82, 2.24) is 0 Å². The van der Waals surface area contributed by atoms with Crippen molar-refractivity contribution < 1.29 is 9.90 Å². The van der Waals surface area contributed by atoms with Crippen molar-refractivity contribution in [2.75, 3.05) is 0 Å². The number of carboxylic acids is 1. The number of carbonyl (C=O) groups is 1. The Labute approximate surface area is 76.7 Å². The summed E-state index contributed by atoms with van der Waals surface area (Å²) in [5.41, 5.74) is 0.913. The minimum Gasteiger partial charge on any atom is -0.480 e. The molecule has 1 aromatic rings. The third kappa shape index (κ3) is 3.07. The van der Waals surface area contributed by atoms with Crippen molar-refractivity contribution in [2.45, 2.75) is 13.0 Å².